The molecule has 0 aliphatic heterocycles. The summed E-state index contributed by atoms with van der Waals surface area (Å²) >= 11 is 0. The second-order valence-corrected chi connectivity index (χ2v) is 4.64. The van der Waals surface area contributed by atoms with Gasteiger partial charge in [0, 0.05) is 12.7 Å². The van der Waals surface area contributed by atoms with Gasteiger partial charge in [0.1, 0.15) is 6.54 Å². The van der Waals surface area contributed by atoms with Crippen LogP contribution in [0.2, 0.25) is 0 Å². The van der Waals surface area contributed by atoms with Crippen molar-refractivity contribution in [2.45, 2.75) is 6.54 Å². The molecule has 15 heavy (non-hydrogen) atoms. The molecule has 0 saturated heterocycles. The second-order valence-electron chi connectivity index (χ2n) is 4.17. The summed E-state index contributed by atoms with van der Waals surface area (Å²) in [5.41, 5.74) is 1.40. The Morgan fingerprint density at radius 1 is 1.13 bits per heavy atom. The molecule has 0 aliphatic carbocycles. The third-order valence-corrected chi connectivity index (χ3v) is 1.50. The van der Waals surface area contributed by atoms with Crippen molar-refractivity contribution in [2.75, 3.05) is 28.3 Å². The molecule has 1 aromatic carbocycles. The summed E-state index contributed by atoms with van der Waals surface area (Å²) in [5.74, 6) is 0. The van der Waals surface area contributed by atoms with Crippen LogP contribution >= 0.6 is 9.47 Å². The molecule has 0 aromatic heterocycles. The Morgan fingerprint density at radius 3 is 1.87 bits per heavy atom. The van der Waals surface area contributed by atoms with Crippen molar-refractivity contribution < 1.29 is 21.4 Å². The minimum atomic E-state index is 0. The quantitative estimate of drug-likeness (QED) is 0.499. The Morgan fingerprint density at radius 2 is 1.53 bits per heavy atom. The van der Waals surface area contributed by atoms with Crippen LogP contribution in [0, 0.1) is 0 Å². The van der Waals surface area contributed by atoms with Gasteiger partial charge in [-0.1, -0.05) is 30.3 Å². The number of halogens is 1. The topological polar surface area (TPSA) is 9.23 Å². The van der Waals surface area contributed by atoms with Gasteiger partial charge in [0.25, 0.3) is 0 Å². The highest BCUT2D eigenvalue weighted by Crippen LogP contribution is 2.05. The number of nitrogens with zero attached hydrogens (tertiary/aromatic N) is 1. The molecule has 0 amide bonds. The van der Waals surface area contributed by atoms with Crippen LogP contribution in [0.1, 0.15) is 5.56 Å². The zero-order chi connectivity index (χ0) is 11.0. The summed E-state index contributed by atoms with van der Waals surface area (Å²) < 4.78 is 5.16. The van der Waals surface area contributed by atoms with Crippen molar-refractivity contribution >= 4 is 9.47 Å². The molecule has 0 heterocycles. The van der Waals surface area contributed by atoms with E-state index >= 15 is 0 Å². The first kappa shape index (κ1) is 17.3. The Bertz CT molecular complexity index is 236. The van der Waals surface area contributed by atoms with Gasteiger partial charge in [-0.15, -0.1) is 0 Å². The van der Waals surface area contributed by atoms with E-state index in [2.05, 4.69) is 65.5 Å². The SMILES string of the molecule is COP.C[N+](C)(C)Cc1ccccc1.[Cl-]. The van der Waals surface area contributed by atoms with Crippen LogP contribution in [-0.2, 0) is 11.1 Å². The van der Waals surface area contributed by atoms with Crippen LogP contribution in [0.4, 0.5) is 0 Å². The third kappa shape index (κ3) is 11.8. The second kappa shape index (κ2) is 9.11. The van der Waals surface area contributed by atoms with Crippen molar-refractivity contribution in [2.24, 2.45) is 0 Å². The van der Waals surface area contributed by atoms with Gasteiger partial charge in [0.05, 0.1) is 21.1 Å². The van der Waals surface area contributed by atoms with E-state index in [0.29, 0.717) is 0 Å². The lowest BCUT2D eigenvalue weighted by atomic mass is 10.2. The van der Waals surface area contributed by atoms with Crippen molar-refractivity contribution in [3.8, 4) is 0 Å². The summed E-state index contributed by atoms with van der Waals surface area (Å²) in [6, 6.07) is 10.6. The van der Waals surface area contributed by atoms with E-state index in [9.17, 15) is 0 Å². The van der Waals surface area contributed by atoms with Gasteiger partial charge in [0.15, 0.2) is 0 Å². The summed E-state index contributed by atoms with van der Waals surface area (Å²) in [4.78, 5) is 0. The predicted octanol–water partition coefficient (Wildman–Crippen LogP) is -0.680. The highest BCUT2D eigenvalue weighted by molar-refractivity contribution is 7.09. The maximum absolute atomic E-state index is 4.17. The molecule has 0 bridgehead atoms. The van der Waals surface area contributed by atoms with E-state index < -0.39 is 0 Å². The fourth-order valence-electron chi connectivity index (χ4n) is 1.13. The van der Waals surface area contributed by atoms with Crippen LogP contribution in [0.3, 0.4) is 0 Å². The number of rotatable bonds is 2. The molecule has 4 heteroatoms. The third-order valence-electron chi connectivity index (χ3n) is 1.50. The molecule has 1 rings (SSSR count). The van der Waals surface area contributed by atoms with Gasteiger partial charge in [-0.2, -0.15) is 0 Å². The van der Waals surface area contributed by atoms with E-state index in [1.807, 2.05) is 0 Å². The first-order valence-electron chi connectivity index (χ1n) is 4.57. The largest absolute Gasteiger partial charge is 1.00 e. The number of quaternary nitrogens is 1. The molecule has 1 unspecified atom stereocenters. The summed E-state index contributed by atoms with van der Waals surface area (Å²) in [6.07, 6.45) is 0. The van der Waals surface area contributed by atoms with Crippen LogP contribution in [-0.4, -0.2) is 32.7 Å². The number of hydrogen-bond acceptors (Lipinski definition) is 1. The van der Waals surface area contributed by atoms with Gasteiger partial charge in [-0.25, -0.2) is 0 Å². The van der Waals surface area contributed by atoms with Crippen molar-refractivity contribution in [3.63, 3.8) is 0 Å². The van der Waals surface area contributed by atoms with Crippen LogP contribution in [0.25, 0.3) is 0 Å². The summed E-state index contributed by atoms with van der Waals surface area (Å²) in [6.45, 7) is 1.10. The Labute approximate surface area is 102 Å². The lowest BCUT2D eigenvalue weighted by molar-refractivity contribution is -0.884. The van der Waals surface area contributed by atoms with E-state index in [0.717, 1.165) is 11.0 Å². The van der Waals surface area contributed by atoms with E-state index in [4.69, 9.17) is 0 Å². The molecule has 1 aromatic rings. The number of benzene rings is 1. The molecule has 0 spiro atoms. The smallest absolute Gasteiger partial charge is 0.104 e. The molecule has 88 valence electrons. The zero-order valence-corrected chi connectivity index (χ0v) is 11.8. The molecular weight excluding hydrogens is 229 g/mol. The molecule has 0 radical (unpaired) electrons. The van der Waals surface area contributed by atoms with Crippen LogP contribution in [0.5, 0.6) is 0 Å². The van der Waals surface area contributed by atoms with Gasteiger partial charge in [-0.05, 0) is 9.47 Å². The van der Waals surface area contributed by atoms with E-state index in [-0.39, 0.29) is 12.4 Å². The van der Waals surface area contributed by atoms with Gasteiger partial charge < -0.3 is 21.4 Å². The maximum atomic E-state index is 4.17. The lowest BCUT2D eigenvalue weighted by Gasteiger charge is -2.23. The Hall–Kier alpha value is -0.140. The molecule has 2 nitrogen and oxygen atoms in total. The monoisotopic (exact) mass is 249 g/mol. The minimum absolute atomic E-state index is 0. The average Bonchev–Trinajstić information content (AvgIpc) is 2.04. The predicted molar refractivity (Wildman–Crippen MR) is 64.9 cm³/mol. The average molecular weight is 250 g/mol. The summed E-state index contributed by atoms with van der Waals surface area (Å²) in [7, 11) is 10.3. The fraction of sp³-hybridized carbons (Fsp3) is 0.455. The highest BCUT2D eigenvalue weighted by atomic mass is 35.5. The maximum Gasteiger partial charge on any atom is 0.104 e. The van der Waals surface area contributed by atoms with Crippen molar-refractivity contribution in [3.05, 3.63) is 35.9 Å². The highest BCUT2D eigenvalue weighted by Gasteiger charge is 2.06. The molecule has 0 N–H and O–H groups in total. The van der Waals surface area contributed by atoms with E-state index in [1.54, 1.807) is 7.11 Å². The first-order chi connectivity index (χ1) is 6.49. The van der Waals surface area contributed by atoms with Crippen LogP contribution < -0.4 is 12.4 Å². The van der Waals surface area contributed by atoms with Crippen molar-refractivity contribution in [1.82, 2.24) is 0 Å². The Kier molecular flexibility index (Phi) is 10.5. The lowest BCUT2D eigenvalue weighted by Crippen LogP contribution is -3.00. The standard InChI is InChI=1S/C10H16N.CH5OP.ClH/c1-11(2,3)9-10-7-5-4-6-8-10;1-2-3;/h4-8H,9H2,1-3H3;3H2,1H3;1H/q+1;;/p-1. The normalized spacial score (nSPS) is 9.67. The zero-order valence-electron chi connectivity index (χ0n) is 9.90. The van der Waals surface area contributed by atoms with Gasteiger partial charge in [0.2, 0.25) is 0 Å². The fourth-order valence-corrected chi connectivity index (χ4v) is 1.13. The molecular formula is C11H21ClNOP. The van der Waals surface area contributed by atoms with Crippen molar-refractivity contribution in [1.29, 1.82) is 0 Å². The minimum Gasteiger partial charge on any atom is -1.00 e. The van der Waals surface area contributed by atoms with Gasteiger partial charge >= 0.3 is 0 Å². The molecule has 1 atom stereocenters. The first-order valence-corrected chi connectivity index (χ1v) is 5.04. The molecule has 0 saturated carbocycles. The van der Waals surface area contributed by atoms with E-state index in [1.165, 1.54) is 5.56 Å². The summed E-state index contributed by atoms with van der Waals surface area (Å²) in [5, 5.41) is 0. The van der Waals surface area contributed by atoms with Crippen LogP contribution in [0.15, 0.2) is 30.3 Å². The molecule has 0 fully saturated rings. The molecule has 0 aliphatic rings. The number of hydrogen-bond donors (Lipinski definition) is 0. The Balaban J connectivity index is 0. The van der Waals surface area contributed by atoms with Gasteiger partial charge in [-0.3, -0.25) is 0 Å².